The molecule has 0 bridgehead atoms. The molecule has 5 heteroatoms. The largest absolute Gasteiger partial charge is 0.314 e. The Labute approximate surface area is 125 Å². The fourth-order valence-electron chi connectivity index (χ4n) is 2.76. The molecule has 1 saturated carbocycles. The molecular weight excluding hydrogens is 272 g/mol. The Bertz CT molecular complexity index is 360. The van der Waals surface area contributed by atoms with Crippen molar-refractivity contribution in [2.75, 3.05) is 25.9 Å². The van der Waals surface area contributed by atoms with Gasteiger partial charge in [0.25, 0.3) is 0 Å². The zero-order chi connectivity index (χ0) is 15.2. The van der Waals surface area contributed by atoms with E-state index in [0.717, 1.165) is 6.54 Å². The van der Waals surface area contributed by atoms with Gasteiger partial charge in [0, 0.05) is 18.6 Å². The molecule has 0 aromatic carbocycles. The van der Waals surface area contributed by atoms with Gasteiger partial charge in [-0.25, -0.2) is 8.42 Å². The van der Waals surface area contributed by atoms with Gasteiger partial charge < -0.3 is 10.2 Å². The average Bonchev–Trinajstić information content (AvgIpc) is 2.43. The van der Waals surface area contributed by atoms with Crippen molar-refractivity contribution in [1.29, 1.82) is 0 Å². The molecule has 0 heterocycles. The summed E-state index contributed by atoms with van der Waals surface area (Å²) in [5, 5.41) is 3.33. The van der Waals surface area contributed by atoms with Crippen molar-refractivity contribution >= 4 is 9.84 Å². The van der Waals surface area contributed by atoms with E-state index in [4.69, 9.17) is 0 Å². The Kier molecular flexibility index (Phi) is 7.48. The molecule has 0 aliphatic heterocycles. The van der Waals surface area contributed by atoms with E-state index in [1.54, 1.807) is 13.8 Å². The first-order chi connectivity index (χ1) is 9.36. The molecule has 0 spiro atoms. The van der Waals surface area contributed by atoms with Gasteiger partial charge in [0.05, 0.1) is 11.0 Å². The highest BCUT2D eigenvalue weighted by Gasteiger charge is 2.25. The Morgan fingerprint density at radius 2 is 1.80 bits per heavy atom. The van der Waals surface area contributed by atoms with Crippen LogP contribution >= 0.6 is 0 Å². The fraction of sp³-hybridized carbons (Fsp3) is 1.00. The summed E-state index contributed by atoms with van der Waals surface area (Å²) in [7, 11) is -0.839. The van der Waals surface area contributed by atoms with Gasteiger partial charge in [-0.2, -0.15) is 0 Å². The van der Waals surface area contributed by atoms with Gasteiger partial charge in [-0.15, -0.1) is 0 Å². The first-order valence-corrected chi connectivity index (χ1v) is 9.73. The van der Waals surface area contributed by atoms with Crippen molar-refractivity contribution in [3.63, 3.8) is 0 Å². The number of sulfone groups is 1. The third-order valence-electron chi connectivity index (χ3n) is 4.45. The molecule has 1 aliphatic carbocycles. The SMILES string of the molecule is CCCNC1CCC(N(C)CCS(=O)(=O)C(C)C)CC1. The molecular formula is C15H32N2O2S. The maximum atomic E-state index is 11.9. The third-order valence-corrected chi connectivity index (χ3v) is 6.64. The molecule has 120 valence electrons. The lowest BCUT2D eigenvalue weighted by Gasteiger charge is -2.35. The number of hydrogen-bond donors (Lipinski definition) is 1. The van der Waals surface area contributed by atoms with Crippen LogP contribution in [0.4, 0.5) is 0 Å². The summed E-state index contributed by atoms with van der Waals surface area (Å²) in [5.74, 6) is 0.287. The molecule has 0 unspecified atom stereocenters. The van der Waals surface area contributed by atoms with Gasteiger partial charge in [0.1, 0.15) is 0 Å². The number of nitrogens with one attached hydrogen (secondary N) is 1. The van der Waals surface area contributed by atoms with Crippen LogP contribution in [0.1, 0.15) is 52.9 Å². The number of nitrogens with zero attached hydrogens (tertiary/aromatic N) is 1. The lowest BCUT2D eigenvalue weighted by atomic mass is 9.90. The van der Waals surface area contributed by atoms with E-state index < -0.39 is 9.84 Å². The van der Waals surface area contributed by atoms with Crippen LogP contribution in [-0.4, -0.2) is 56.5 Å². The van der Waals surface area contributed by atoms with Crippen LogP contribution in [0, 0.1) is 0 Å². The van der Waals surface area contributed by atoms with Crippen LogP contribution < -0.4 is 5.32 Å². The summed E-state index contributed by atoms with van der Waals surface area (Å²) in [6.07, 6.45) is 5.98. The van der Waals surface area contributed by atoms with Crippen molar-refractivity contribution in [3.05, 3.63) is 0 Å². The summed E-state index contributed by atoms with van der Waals surface area (Å²) in [6, 6.07) is 1.22. The van der Waals surface area contributed by atoms with E-state index in [1.807, 2.05) is 0 Å². The standard InChI is InChI=1S/C15H32N2O2S/c1-5-10-16-14-6-8-15(9-7-14)17(4)11-12-20(18,19)13(2)3/h13-16H,5-12H2,1-4H3. The van der Waals surface area contributed by atoms with Crippen molar-refractivity contribution in [1.82, 2.24) is 10.2 Å². The summed E-state index contributed by atoms with van der Waals surface area (Å²) in [5.41, 5.74) is 0. The highest BCUT2D eigenvalue weighted by molar-refractivity contribution is 7.92. The predicted molar refractivity (Wildman–Crippen MR) is 85.9 cm³/mol. The van der Waals surface area contributed by atoms with Gasteiger partial charge in [-0.3, -0.25) is 0 Å². The summed E-state index contributed by atoms with van der Waals surface area (Å²) in [4.78, 5) is 2.25. The molecule has 1 N–H and O–H groups in total. The minimum absolute atomic E-state index is 0.259. The Balaban J connectivity index is 2.31. The van der Waals surface area contributed by atoms with Crippen LogP contribution in [0.5, 0.6) is 0 Å². The number of rotatable bonds is 8. The first-order valence-electron chi connectivity index (χ1n) is 8.02. The minimum atomic E-state index is -2.91. The maximum absolute atomic E-state index is 11.9. The van der Waals surface area contributed by atoms with E-state index in [1.165, 1.54) is 32.1 Å². The highest BCUT2D eigenvalue weighted by atomic mass is 32.2. The molecule has 1 rings (SSSR count). The maximum Gasteiger partial charge on any atom is 0.153 e. The molecule has 0 atom stereocenters. The monoisotopic (exact) mass is 304 g/mol. The Hall–Kier alpha value is -0.130. The number of hydrogen-bond acceptors (Lipinski definition) is 4. The fourth-order valence-corrected chi connectivity index (χ4v) is 3.77. The second kappa shape index (κ2) is 8.35. The van der Waals surface area contributed by atoms with Crippen molar-refractivity contribution in [2.24, 2.45) is 0 Å². The van der Waals surface area contributed by atoms with Crippen LogP contribution in [0.3, 0.4) is 0 Å². The topological polar surface area (TPSA) is 49.4 Å². The molecule has 0 aromatic heterocycles. The summed E-state index contributed by atoms with van der Waals surface area (Å²) < 4.78 is 23.7. The second-order valence-electron chi connectivity index (χ2n) is 6.36. The smallest absolute Gasteiger partial charge is 0.153 e. The molecule has 0 radical (unpaired) electrons. The zero-order valence-corrected chi connectivity index (χ0v) is 14.4. The quantitative estimate of drug-likeness (QED) is 0.746. The van der Waals surface area contributed by atoms with Crippen molar-refractivity contribution in [3.8, 4) is 0 Å². The molecule has 0 amide bonds. The lowest BCUT2D eigenvalue weighted by Crippen LogP contribution is -2.42. The molecule has 4 nitrogen and oxygen atoms in total. The van der Waals surface area contributed by atoms with Crippen LogP contribution in [0.15, 0.2) is 0 Å². The van der Waals surface area contributed by atoms with Gasteiger partial charge in [-0.1, -0.05) is 6.92 Å². The van der Waals surface area contributed by atoms with Gasteiger partial charge >= 0.3 is 0 Å². The normalized spacial score (nSPS) is 24.5. The zero-order valence-electron chi connectivity index (χ0n) is 13.6. The lowest BCUT2D eigenvalue weighted by molar-refractivity contribution is 0.182. The summed E-state index contributed by atoms with van der Waals surface area (Å²) >= 11 is 0. The molecule has 0 aromatic rings. The van der Waals surface area contributed by atoms with Gasteiger partial charge in [0.2, 0.25) is 0 Å². The molecule has 1 fully saturated rings. The van der Waals surface area contributed by atoms with Crippen molar-refractivity contribution < 1.29 is 8.42 Å². The Morgan fingerprint density at radius 3 is 2.30 bits per heavy atom. The third kappa shape index (κ3) is 5.70. The van der Waals surface area contributed by atoms with Gasteiger partial charge in [-0.05, 0) is 59.5 Å². The minimum Gasteiger partial charge on any atom is -0.314 e. The second-order valence-corrected chi connectivity index (χ2v) is 9.03. The van der Waals surface area contributed by atoms with E-state index in [2.05, 4.69) is 24.2 Å². The average molecular weight is 305 g/mol. The molecule has 0 saturated heterocycles. The predicted octanol–water partition coefficient (Wildman–Crippen LogP) is 2.05. The first kappa shape index (κ1) is 17.9. The summed E-state index contributed by atoms with van der Waals surface area (Å²) in [6.45, 7) is 7.50. The molecule has 1 aliphatic rings. The Morgan fingerprint density at radius 1 is 1.20 bits per heavy atom. The van der Waals surface area contributed by atoms with E-state index >= 15 is 0 Å². The van der Waals surface area contributed by atoms with Crippen molar-refractivity contribution in [2.45, 2.75) is 70.2 Å². The molecule has 20 heavy (non-hydrogen) atoms. The van der Waals surface area contributed by atoms with E-state index in [-0.39, 0.29) is 11.0 Å². The van der Waals surface area contributed by atoms with E-state index in [9.17, 15) is 8.42 Å². The van der Waals surface area contributed by atoms with Gasteiger partial charge in [0.15, 0.2) is 9.84 Å². The highest BCUT2D eigenvalue weighted by Crippen LogP contribution is 2.22. The van der Waals surface area contributed by atoms with E-state index in [0.29, 0.717) is 18.6 Å². The van der Waals surface area contributed by atoms with Crippen LogP contribution in [0.2, 0.25) is 0 Å². The van der Waals surface area contributed by atoms with Crippen LogP contribution in [0.25, 0.3) is 0 Å². The van der Waals surface area contributed by atoms with Crippen LogP contribution in [-0.2, 0) is 9.84 Å².